The molecule has 3 N–H and O–H groups in total. The summed E-state index contributed by atoms with van der Waals surface area (Å²) in [4.78, 5) is 23.7. The van der Waals surface area contributed by atoms with E-state index >= 15 is 0 Å². The van der Waals surface area contributed by atoms with E-state index in [2.05, 4.69) is 5.32 Å². The molecule has 0 bridgehead atoms. The summed E-state index contributed by atoms with van der Waals surface area (Å²) in [5.74, 6) is -0.924. The van der Waals surface area contributed by atoms with Crippen LogP contribution in [0.2, 0.25) is 0 Å². The first-order chi connectivity index (χ1) is 9.79. The summed E-state index contributed by atoms with van der Waals surface area (Å²) in [6.45, 7) is 5.43. The summed E-state index contributed by atoms with van der Waals surface area (Å²) < 4.78 is 4.71. The summed E-state index contributed by atoms with van der Waals surface area (Å²) in [6.07, 6.45) is 0. The van der Waals surface area contributed by atoms with Gasteiger partial charge in [-0.05, 0) is 19.4 Å². The summed E-state index contributed by atoms with van der Waals surface area (Å²) in [5, 5.41) is 2.77. The number of ether oxygens (including phenoxy) is 1. The van der Waals surface area contributed by atoms with Crippen LogP contribution in [0.5, 0.6) is 0 Å². The number of carbonyl (C=O) groups is 2. The van der Waals surface area contributed by atoms with Crippen LogP contribution in [0.1, 0.15) is 32.4 Å². The molecule has 2 atom stereocenters. The zero-order chi connectivity index (χ0) is 16.0. The fraction of sp³-hybridized carbons (Fsp3) is 0.500. The maximum Gasteiger partial charge on any atom is 0.313 e. The van der Waals surface area contributed by atoms with E-state index in [9.17, 15) is 9.59 Å². The first kappa shape index (κ1) is 20.4. The molecule has 0 aliphatic rings. The van der Waals surface area contributed by atoms with E-state index in [0.29, 0.717) is 0 Å². The fourth-order valence-electron chi connectivity index (χ4n) is 1.94. The lowest BCUT2D eigenvalue weighted by molar-refractivity contribution is -0.150. The first-order valence-corrected chi connectivity index (χ1v) is 6.96. The van der Waals surface area contributed by atoms with Gasteiger partial charge < -0.3 is 15.8 Å². The van der Waals surface area contributed by atoms with Gasteiger partial charge in [-0.25, -0.2) is 0 Å². The van der Waals surface area contributed by atoms with Crippen LogP contribution in [0.3, 0.4) is 0 Å². The first-order valence-electron chi connectivity index (χ1n) is 6.96. The molecule has 0 fully saturated rings. The van der Waals surface area contributed by atoms with Gasteiger partial charge in [0.1, 0.15) is 0 Å². The molecule has 0 saturated carbocycles. The van der Waals surface area contributed by atoms with Gasteiger partial charge in [0.05, 0.1) is 18.4 Å². The predicted molar refractivity (Wildman–Crippen MR) is 88.6 cm³/mol. The van der Waals surface area contributed by atoms with Crippen molar-refractivity contribution in [1.29, 1.82) is 0 Å². The smallest absolute Gasteiger partial charge is 0.313 e. The van der Waals surface area contributed by atoms with E-state index in [1.54, 1.807) is 20.8 Å². The van der Waals surface area contributed by atoms with Gasteiger partial charge in [0, 0.05) is 12.6 Å². The Kier molecular flexibility index (Phi) is 8.12. The highest BCUT2D eigenvalue weighted by Gasteiger charge is 2.30. The van der Waals surface area contributed by atoms with Crippen molar-refractivity contribution < 1.29 is 14.3 Å². The predicted octanol–water partition coefficient (Wildman–Crippen LogP) is 2.06. The minimum absolute atomic E-state index is 0. The highest BCUT2D eigenvalue weighted by atomic mass is 35.5. The van der Waals surface area contributed by atoms with Crippen molar-refractivity contribution in [2.45, 2.75) is 26.8 Å². The van der Waals surface area contributed by atoms with Crippen LogP contribution in [0.15, 0.2) is 30.3 Å². The second-order valence-electron chi connectivity index (χ2n) is 5.82. The minimum Gasteiger partial charge on any atom is -0.469 e. The average molecular weight is 329 g/mol. The number of carbonyl (C=O) groups excluding carboxylic acids is 2. The largest absolute Gasteiger partial charge is 0.469 e. The highest BCUT2D eigenvalue weighted by molar-refractivity contribution is 5.85. The minimum atomic E-state index is -0.763. The van der Waals surface area contributed by atoms with Crippen LogP contribution < -0.4 is 11.1 Å². The normalized spacial score (nSPS) is 13.5. The van der Waals surface area contributed by atoms with Crippen molar-refractivity contribution in [1.82, 2.24) is 5.32 Å². The van der Waals surface area contributed by atoms with Crippen LogP contribution in [0.4, 0.5) is 0 Å². The Hall–Kier alpha value is -1.59. The Morgan fingerprint density at radius 1 is 1.27 bits per heavy atom. The van der Waals surface area contributed by atoms with Gasteiger partial charge in [-0.3, -0.25) is 9.59 Å². The zero-order valence-corrected chi connectivity index (χ0v) is 14.3. The maximum atomic E-state index is 12.2. The highest BCUT2D eigenvalue weighted by Crippen LogP contribution is 2.20. The monoisotopic (exact) mass is 328 g/mol. The van der Waals surface area contributed by atoms with E-state index in [0.717, 1.165) is 5.56 Å². The number of amides is 1. The van der Waals surface area contributed by atoms with E-state index in [1.165, 1.54) is 7.11 Å². The SMILES string of the molecule is COC(=O)C(C)(C)CNC(=O)C(C)C(N)c1ccccc1.Cl. The van der Waals surface area contributed by atoms with Crippen LogP contribution >= 0.6 is 12.4 Å². The molecule has 0 saturated heterocycles. The number of benzene rings is 1. The fourth-order valence-corrected chi connectivity index (χ4v) is 1.94. The summed E-state index contributed by atoms with van der Waals surface area (Å²) >= 11 is 0. The third-order valence-electron chi connectivity index (χ3n) is 3.58. The van der Waals surface area contributed by atoms with Crippen LogP contribution in [-0.4, -0.2) is 25.5 Å². The number of esters is 1. The molecule has 1 aromatic carbocycles. The van der Waals surface area contributed by atoms with E-state index in [-0.39, 0.29) is 42.8 Å². The third kappa shape index (κ3) is 5.31. The third-order valence-corrected chi connectivity index (χ3v) is 3.58. The van der Waals surface area contributed by atoms with Gasteiger partial charge in [0.15, 0.2) is 0 Å². The Bertz CT molecular complexity index is 491. The second-order valence-corrected chi connectivity index (χ2v) is 5.82. The molecule has 2 unspecified atom stereocenters. The Morgan fingerprint density at radius 3 is 2.32 bits per heavy atom. The molecule has 0 heterocycles. The van der Waals surface area contributed by atoms with Crippen molar-refractivity contribution >= 4 is 24.3 Å². The summed E-state index contributed by atoms with van der Waals surface area (Å²) in [6, 6.07) is 9.09. The van der Waals surface area contributed by atoms with E-state index in [4.69, 9.17) is 10.5 Å². The molecular formula is C16H25ClN2O3. The van der Waals surface area contributed by atoms with Crippen molar-refractivity contribution in [3.63, 3.8) is 0 Å². The van der Waals surface area contributed by atoms with Crippen molar-refractivity contribution in [2.24, 2.45) is 17.1 Å². The molecule has 0 aromatic heterocycles. The summed E-state index contributed by atoms with van der Waals surface area (Å²) in [7, 11) is 1.33. The van der Waals surface area contributed by atoms with Gasteiger partial charge in [-0.2, -0.15) is 0 Å². The lowest BCUT2D eigenvalue weighted by atomic mass is 9.92. The van der Waals surface area contributed by atoms with Gasteiger partial charge in [-0.15, -0.1) is 12.4 Å². The number of hydrogen-bond acceptors (Lipinski definition) is 4. The number of nitrogens with two attached hydrogens (primary N) is 1. The summed E-state index contributed by atoms with van der Waals surface area (Å²) in [5.41, 5.74) is 6.26. The van der Waals surface area contributed by atoms with E-state index in [1.807, 2.05) is 30.3 Å². The molecule has 5 nitrogen and oxygen atoms in total. The van der Waals surface area contributed by atoms with Crippen LogP contribution in [-0.2, 0) is 14.3 Å². The van der Waals surface area contributed by atoms with Gasteiger partial charge in [0.2, 0.25) is 5.91 Å². The van der Waals surface area contributed by atoms with Crippen LogP contribution in [0.25, 0.3) is 0 Å². The molecule has 0 spiro atoms. The lowest BCUT2D eigenvalue weighted by Crippen LogP contribution is -2.43. The maximum absolute atomic E-state index is 12.2. The Morgan fingerprint density at radius 2 is 1.82 bits per heavy atom. The molecule has 124 valence electrons. The molecule has 0 aliphatic heterocycles. The standard InChI is InChI=1S/C16H24N2O3.ClH/c1-11(13(17)12-8-6-5-7-9-12)14(19)18-10-16(2,3)15(20)21-4;/h5-9,11,13H,10,17H2,1-4H3,(H,18,19);1H. The van der Waals surface area contributed by atoms with E-state index < -0.39 is 5.41 Å². The van der Waals surface area contributed by atoms with Crippen molar-refractivity contribution in [3.8, 4) is 0 Å². The Balaban J connectivity index is 0.00000441. The number of nitrogens with one attached hydrogen (secondary N) is 1. The number of halogens is 1. The number of methoxy groups -OCH3 is 1. The molecule has 0 aliphatic carbocycles. The molecule has 1 rings (SSSR count). The zero-order valence-electron chi connectivity index (χ0n) is 13.5. The molecule has 0 radical (unpaired) electrons. The number of hydrogen-bond donors (Lipinski definition) is 2. The number of rotatable bonds is 6. The van der Waals surface area contributed by atoms with Gasteiger partial charge >= 0.3 is 5.97 Å². The molecule has 1 amide bonds. The van der Waals surface area contributed by atoms with Gasteiger partial charge in [0.25, 0.3) is 0 Å². The lowest BCUT2D eigenvalue weighted by Gasteiger charge is -2.24. The Labute approximate surface area is 138 Å². The van der Waals surface area contributed by atoms with Crippen molar-refractivity contribution in [2.75, 3.05) is 13.7 Å². The second kappa shape index (κ2) is 8.76. The molecular weight excluding hydrogens is 304 g/mol. The molecule has 6 heteroatoms. The quantitative estimate of drug-likeness (QED) is 0.783. The molecule has 1 aromatic rings. The average Bonchev–Trinajstić information content (AvgIpc) is 2.51. The van der Waals surface area contributed by atoms with Crippen LogP contribution in [0, 0.1) is 11.3 Å². The molecule has 22 heavy (non-hydrogen) atoms. The van der Waals surface area contributed by atoms with Crippen molar-refractivity contribution in [3.05, 3.63) is 35.9 Å². The topological polar surface area (TPSA) is 81.4 Å². The van der Waals surface area contributed by atoms with Gasteiger partial charge in [-0.1, -0.05) is 37.3 Å².